The van der Waals surface area contributed by atoms with Gasteiger partial charge in [0.1, 0.15) is 11.8 Å². The van der Waals surface area contributed by atoms with Crippen molar-refractivity contribution in [2.45, 2.75) is 13.0 Å². The second-order valence-electron chi connectivity index (χ2n) is 4.31. The average molecular weight is 256 g/mol. The molecule has 0 aliphatic rings. The van der Waals surface area contributed by atoms with Crippen LogP contribution in [0.3, 0.4) is 0 Å². The maximum Gasteiger partial charge on any atom is 0.143 e. The second kappa shape index (κ2) is 5.44. The van der Waals surface area contributed by atoms with Crippen LogP contribution in [0.15, 0.2) is 30.6 Å². The molecule has 0 saturated heterocycles. The minimum absolute atomic E-state index is 0.0390. The third-order valence-corrected chi connectivity index (χ3v) is 2.95. The maximum atomic E-state index is 9.16. The molecular formula is C14H16N4O. The smallest absolute Gasteiger partial charge is 0.143 e. The number of para-hydroxylation sites is 1. The highest BCUT2D eigenvalue weighted by atomic mass is 16.5. The van der Waals surface area contributed by atoms with Crippen LogP contribution in [0.1, 0.15) is 24.1 Å². The number of hydrogen-bond acceptors (Lipinski definition) is 4. The van der Waals surface area contributed by atoms with Crippen molar-refractivity contribution < 1.29 is 4.74 Å². The first-order valence-corrected chi connectivity index (χ1v) is 5.98. The molecule has 0 amide bonds. The summed E-state index contributed by atoms with van der Waals surface area (Å²) in [5.74, 6) is 0.662. The number of nitrogens with zero attached hydrogens (tertiary/aromatic N) is 3. The molecule has 1 aromatic heterocycles. The zero-order chi connectivity index (χ0) is 13.8. The van der Waals surface area contributed by atoms with Crippen molar-refractivity contribution in [2.75, 3.05) is 12.4 Å². The summed E-state index contributed by atoms with van der Waals surface area (Å²) in [4.78, 5) is 0. The number of aromatic nitrogens is 2. The van der Waals surface area contributed by atoms with Crippen molar-refractivity contribution in [1.82, 2.24) is 9.78 Å². The normalized spacial score (nSPS) is 11.7. The predicted molar refractivity (Wildman–Crippen MR) is 73.0 cm³/mol. The van der Waals surface area contributed by atoms with Crippen LogP contribution in [-0.2, 0) is 7.05 Å². The van der Waals surface area contributed by atoms with E-state index < -0.39 is 0 Å². The van der Waals surface area contributed by atoms with Gasteiger partial charge in [0.15, 0.2) is 0 Å². The summed E-state index contributed by atoms with van der Waals surface area (Å²) < 4.78 is 7.05. The number of rotatable bonds is 4. The number of ether oxygens (including phenoxy) is 1. The van der Waals surface area contributed by atoms with Gasteiger partial charge in [-0.3, -0.25) is 4.68 Å². The summed E-state index contributed by atoms with van der Waals surface area (Å²) in [5.41, 5.74) is 2.33. The van der Waals surface area contributed by atoms with Gasteiger partial charge in [-0.2, -0.15) is 10.4 Å². The van der Waals surface area contributed by atoms with Gasteiger partial charge in [0.05, 0.1) is 30.6 Å². The highest BCUT2D eigenvalue weighted by molar-refractivity contribution is 5.67. The minimum atomic E-state index is 0.0390. The largest absolute Gasteiger partial charge is 0.495 e. The van der Waals surface area contributed by atoms with Gasteiger partial charge in [-0.15, -0.1) is 0 Å². The third kappa shape index (κ3) is 2.68. The second-order valence-corrected chi connectivity index (χ2v) is 4.31. The molecule has 1 aromatic carbocycles. The van der Waals surface area contributed by atoms with Crippen LogP contribution >= 0.6 is 0 Å². The Morgan fingerprint density at radius 3 is 2.84 bits per heavy atom. The van der Waals surface area contributed by atoms with E-state index >= 15 is 0 Å². The lowest BCUT2D eigenvalue weighted by Crippen LogP contribution is -2.08. The van der Waals surface area contributed by atoms with Crippen molar-refractivity contribution in [3.63, 3.8) is 0 Å². The first-order valence-electron chi connectivity index (χ1n) is 5.98. The first-order chi connectivity index (χ1) is 9.15. The molecule has 98 valence electrons. The summed E-state index contributed by atoms with van der Waals surface area (Å²) in [7, 11) is 3.47. The topological polar surface area (TPSA) is 62.9 Å². The highest BCUT2D eigenvalue weighted by Crippen LogP contribution is 2.31. The van der Waals surface area contributed by atoms with E-state index in [-0.39, 0.29) is 6.04 Å². The number of aryl methyl sites for hydroxylation is 1. The molecule has 1 unspecified atom stereocenters. The van der Waals surface area contributed by atoms with Gasteiger partial charge in [0.2, 0.25) is 0 Å². The Morgan fingerprint density at radius 2 is 2.26 bits per heavy atom. The summed E-state index contributed by atoms with van der Waals surface area (Å²) in [6, 6.07) is 7.61. The Bertz CT molecular complexity index is 612. The number of nitrogens with one attached hydrogen (secondary N) is 1. The van der Waals surface area contributed by atoms with Crippen molar-refractivity contribution >= 4 is 5.69 Å². The standard InChI is InChI=1S/C14H16N4O/c1-10(12-8-16-18(2)9-12)17-14-11(7-15)5-4-6-13(14)19-3/h4-6,8-10,17H,1-3H3. The van der Waals surface area contributed by atoms with E-state index in [1.165, 1.54) is 0 Å². The Hall–Kier alpha value is -2.48. The Kier molecular flexibility index (Phi) is 3.71. The average Bonchev–Trinajstić information content (AvgIpc) is 2.85. The van der Waals surface area contributed by atoms with Gasteiger partial charge in [-0.25, -0.2) is 0 Å². The zero-order valence-electron chi connectivity index (χ0n) is 11.2. The Morgan fingerprint density at radius 1 is 1.47 bits per heavy atom. The SMILES string of the molecule is COc1cccc(C#N)c1NC(C)c1cnn(C)c1. The van der Waals surface area contributed by atoms with Gasteiger partial charge in [-0.1, -0.05) is 6.07 Å². The van der Waals surface area contributed by atoms with Gasteiger partial charge < -0.3 is 10.1 Å². The van der Waals surface area contributed by atoms with E-state index in [9.17, 15) is 0 Å². The van der Waals surface area contributed by atoms with Gasteiger partial charge in [-0.05, 0) is 19.1 Å². The van der Waals surface area contributed by atoms with Crippen molar-refractivity contribution in [3.8, 4) is 11.8 Å². The fourth-order valence-electron chi connectivity index (χ4n) is 1.91. The molecule has 1 N–H and O–H groups in total. The lowest BCUT2D eigenvalue weighted by molar-refractivity contribution is 0.416. The van der Waals surface area contributed by atoms with E-state index in [4.69, 9.17) is 10.00 Å². The van der Waals surface area contributed by atoms with Crippen LogP contribution in [0.4, 0.5) is 5.69 Å². The number of benzene rings is 1. The van der Waals surface area contributed by atoms with E-state index in [0.717, 1.165) is 5.56 Å². The molecule has 2 aromatic rings. The van der Waals surface area contributed by atoms with Crippen LogP contribution in [0.25, 0.3) is 0 Å². The van der Waals surface area contributed by atoms with Crippen LogP contribution in [0.5, 0.6) is 5.75 Å². The molecule has 0 aliphatic carbocycles. The van der Waals surface area contributed by atoms with Crippen molar-refractivity contribution in [2.24, 2.45) is 7.05 Å². The van der Waals surface area contributed by atoms with Gasteiger partial charge >= 0.3 is 0 Å². The van der Waals surface area contributed by atoms with Crippen LogP contribution in [0.2, 0.25) is 0 Å². The number of nitriles is 1. The molecule has 5 nitrogen and oxygen atoms in total. The quantitative estimate of drug-likeness (QED) is 0.912. The van der Waals surface area contributed by atoms with Gasteiger partial charge in [0, 0.05) is 18.8 Å². The first kappa shape index (κ1) is 13.0. The maximum absolute atomic E-state index is 9.16. The van der Waals surface area contributed by atoms with Crippen molar-refractivity contribution in [1.29, 1.82) is 5.26 Å². The fourth-order valence-corrected chi connectivity index (χ4v) is 1.91. The molecule has 0 aliphatic heterocycles. The Labute approximate surface area is 112 Å². The summed E-state index contributed by atoms with van der Waals surface area (Å²) in [6.45, 7) is 2.02. The van der Waals surface area contributed by atoms with Crippen LogP contribution < -0.4 is 10.1 Å². The monoisotopic (exact) mass is 256 g/mol. The summed E-state index contributed by atoms with van der Waals surface area (Å²) in [6.07, 6.45) is 3.75. The summed E-state index contributed by atoms with van der Waals surface area (Å²) >= 11 is 0. The lowest BCUT2D eigenvalue weighted by atomic mass is 10.1. The Balaban J connectivity index is 2.30. The molecule has 5 heteroatoms. The third-order valence-electron chi connectivity index (χ3n) is 2.95. The molecule has 0 fully saturated rings. The molecule has 1 heterocycles. The minimum Gasteiger partial charge on any atom is -0.495 e. The zero-order valence-corrected chi connectivity index (χ0v) is 11.2. The van der Waals surface area contributed by atoms with E-state index in [1.54, 1.807) is 30.1 Å². The number of methoxy groups -OCH3 is 1. The highest BCUT2D eigenvalue weighted by Gasteiger charge is 2.13. The lowest BCUT2D eigenvalue weighted by Gasteiger charge is -2.17. The number of anilines is 1. The van der Waals surface area contributed by atoms with E-state index in [2.05, 4.69) is 16.5 Å². The summed E-state index contributed by atoms with van der Waals surface area (Å²) in [5, 5.41) is 16.6. The van der Waals surface area contributed by atoms with Crippen LogP contribution in [-0.4, -0.2) is 16.9 Å². The molecule has 0 spiro atoms. The fraction of sp³-hybridized carbons (Fsp3) is 0.286. The molecular weight excluding hydrogens is 240 g/mol. The molecule has 2 rings (SSSR count). The number of hydrogen-bond donors (Lipinski definition) is 1. The molecule has 1 atom stereocenters. The van der Waals surface area contributed by atoms with Gasteiger partial charge in [0.25, 0.3) is 0 Å². The molecule has 0 saturated carbocycles. The molecule has 0 radical (unpaired) electrons. The van der Waals surface area contributed by atoms with Crippen LogP contribution in [0, 0.1) is 11.3 Å². The molecule has 0 bridgehead atoms. The molecule has 19 heavy (non-hydrogen) atoms. The van der Waals surface area contributed by atoms with Crippen molar-refractivity contribution in [3.05, 3.63) is 41.7 Å². The van der Waals surface area contributed by atoms with E-state index in [0.29, 0.717) is 17.0 Å². The van der Waals surface area contributed by atoms with E-state index in [1.807, 2.05) is 26.2 Å². The predicted octanol–water partition coefficient (Wildman–Crippen LogP) is 2.47.